The molecule has 4 heteroatoms. The van der Waals surface area contributed by atoms with E-state index in [1.165, 1.54) is 15.3 Å². The Bertz CT molecular complexity index is 503. The van der Waals surface area contributed by atoms with Gasteiger partial charge in [0, 0.05) is 21.9 Å². The molecule has 2 rings (SSSR count). The van der Waals surface area contributed by atoms with Crippen LogP contribution in [0.25, 0.3) is 10.6 Å². The van der Waals surface area contributed by atoms with E-state index in [-0.39, 0.29) is 0 Å². The van der Waals surface area contributed by atoms with E-state index in [2.05, 4.69) is 48.4 Å². The van der Waals surface area contributed by atoms with Crippen LogP contribution in [0.1, 0.15) is 17.5 Å². The molecule has 0 spiro atoms. The molecular weight excluding hydrogens is 260 g/mol. The van der Waals surface area contributed by atoms with Crippen molar-refractivity contribution < 1.29 is 0 Å². The topological polar surface area (TPSA) is 24.9 Å². The lowest BCUT2D eigenvalue weighted by molar-refractivity contribution is 0.823. The zero-order valence-corrected chi connectivity index (χ0v) is 12.6. The fourth-order valence-corrected chi connectivity index (χ4v) is 3.48. The summed E-state index contributed by atoms with van der Waals surface area (Å²) in [7, 11) is 1.97. The number of nitrogens with one attached hydrogen (secondary N) is 1. The molecule has 96 valence electrons. The van der Waals surface area contributed by atoms with Gasteiger partial charge in [-0.1, -0.05) is 19.1 Å². The van der Waals surface area contributed by atoms with Crippen LogP contribution in [0.15, 0.2) is 29.2 Å². The van der Waals surface area contributed by atoms with Crippen molar-refractivity contribution in [2.45, 2.75) is 25.3 Å². The summed E-state index contributed by atoms with van der Waals surface area (Å²) in [6.07, 6.45) is 0. The van der Waals surface area contributed by atoms with Crippen LogP contribution in [-0.2, 0) is 6.54 Å². The Labute approximate surface area is 117 Å². The molecule has 1 aromatic heterocycles. The molecule has 2 aromatic rings. The number of hydrogen-bond acceptors (Lipinski definition) is 4. The molecule has 18 heavy (non-hydrogen) atoms. The number of thiazole rings is 1. The zero-order valence-electron chi connectivity index (χ0n) is 11.0. The first-order valence-corrected chi connectivity index (χ1v) is 7.89. The molecule has 0 radical (unpaired) electrons. The monoisotopic (exact) mass is 278 g/mol. The number of aryl methyl sites for hydroxylation is 1. The van der Waals surface area contributed by atoms with Crippen molar-refractivity contribution in [2.75, 3.05) is 12.8 Å². The number of rotatable bonds is 5. The lowest BCUT2D eigenvalue weighted by Crippen LogP contribution is -2.04. The van der Waals surface area contributed by atoms with E-state index in [4.69, 9.17) is 0 Å². The number of nitrogens with zero attached hydrogens (tertiary/aromatic N) is 1. The summed E-state index contributed by atoms with van der Waals surface area (Å²) < 4.78 is 0. The standard InChI is InChI=1S/C14H18N2S2/c1-4-17-12-7-5-11(6-8-12)14-16-10(2)13(18-14)9-15-3/h5-8,15H,4,9H2,1-3H3. The van der Waals surface area contributed by atoms with Gasteiger partial charge in [0.15, 0.2) is 0 Å². The summed E-state index contributed by atoms with van der Waals surface area (Å²) in [5.74, 6) is 1.11. The maximum atomic E-state index is 4.65. The molecule has 0 aliphatic heterocycles. The van der Waals surface area contributed by atoms with E-state index in [9.17, 15) is 0 Å². The largest absolute Gasteiger partial charge is 0.315 e. The Balaban J connectivity index is 2.22. The average Bonchev–Trinajstić information content (AvgIpc) is 2.73. The highest BCUT2D eigenvalue weighted by Gasteiger charge is 2.08. The van der Waals surface area contributed by atoms with Gasteiger partial charge < -0.3 is 5.32 Å². The van der Waals surface area contributed by atoms with Gasteiger partial charge in [0.1, 0.15) is 5.01 Å². The first-order valence-electron chi connectivity index (χ1n) is 6.08. The van der Waals surface area contributed by atoms with Crippen LogP contribution in [0.2, 0.25) is 0 Å². The molecule has 0 aliphatic rings. The van der Waals surface area contributed by atoms with E-state index in [0.29, 0.717) is 0 Å². The van der Waals surface area contributed by atoms with E-state index >= 15 is 0 Å². The molecule has 1 N–H and O–H groups in total. The second-order valence-corrected chi connectivity index (χ2v) is 6.44. The van der Waals surface area contributed by atoms with Crippen molar-refractivity contribution in [2.24, 2.45) is 0 Å². The average molecular weight is 278 g/mol. The van der Waals surface area contributed by atoms with Gasteiger partial charge in [-0.3, -0.25) is 0 Å². The first-order chi connectivity index (χ1) is 8.74. The Hall–Kier alpha value is -0.840. The van der Waals surface area contributed by atoms with Gasteiger partial charge in [-0.05, 0) is 31.9 Å². The molecule has 0 atom stereocenters. The first kappa shape index (κ1) is 13.6. The second-order valence-electron chi connectivity index (χ2n) is 4.02. The minimum atomic E-state index is 0.896. The summed E-state index contributed by atoms with van der Waals surface area (Å²) >= 11 is 3.64. The Morgan fingerprint density at radius 3 is 2.61 bits per heavy atom. The fourth-order valence-electron chi connectivity index (χ4n) is 1.74. The van der Waals surface area contributed by atoms with Crippen molar-refractivity contribution >= 4 is 23.1 Å². The van der Waals surface area contributed by atoms with Gasteiger partial charge in [0.25, 0.3) is 0 Å². The zero-order chi connectivity index (χ0) is 13.0. The van der Waals surface area contributed by atoms with Crippen LogP contribution in [0.3, 0.4) is 0 Å². The quantitative estimate of drug-likeness (QED) is 0.838. The van der Waals surface area contributed by atoms with Gasteiger partial charge in [-0.2, -0.15) is 0 Å². The second kappa shape index (κ2) is 6.36. The molecule has 1 heterocycles. The lowest BCUT2D eigenvalue weighted by Gasteiger charge is -2.00. The van der Waals surface area contributed by atoms with Crippen LogP contribution < -0.4 is 5.32 Å². The van der Waals surface area contributed by atoms with Crippen LogP contribution in [0, 0.1) is 6.92 Å². The Kier molecular flexibility index (Phi) is 4.80. The summed E-state index contributed by atoms with van der Waals surface area (Å²) in [5, 5.41) is 4.30. The SMILES string of the molecule is CCSc1ccc(-c2nc(C)c(CNC)s2)cc1. The molecule has 0 aliphatic carbocycles. The molecular formula is C14H18N2S2. The van der Waals surface area contributed by atoms with E-state index in [1.807, 2.05) is 18.8 Å². The number of benzene rings is 1. The molecule has 0 fully saturated rings. The third kappa shape index (κ3) is 3.13. The third-order valence-electron chi connectivity index (χ3n) is 2.64. The smallest absolute Gasteiger partial charge is 0.123 e. The van der Waals surface area contributed by atoms with Crippen LogP contribution >= 0.6 is 23.1 Å². The van der Waals surface area contributed by atoms with Crippen LogP contribution in [0.5, 0.6) is 0 Å². The van der Waals surface area contributed by atoms with Crippen molar-refractivity contribution in [3.05, 3.63) is 34.8 Å². The highest BCUT2D eigenvalue weighted by molar-refractivity contribution is 7.99. The minimum Gasteiger partial charge on any atom is -0.315 e. The molecule has 0 saturated heterocycles. The fraction of sp³-hybridized carbons (Fsp3) is 0.357. The van der Waals surface area contributed by atoms with Crippen molar-refractivity contribution in [3.63, 3.8) is 0 Å². The van der Waals surface area contributed by atoms with Crippen molar-refractivity contribution in [3.8, 4) is 10.6 Å². The molecule has 1 aromatic carbocycles. The molecule has 0 unspecified atom stereocenters. The predicted molar refractivity (Wildman–Crippen MR) is 81.4 cm³/mol. The molecule has 0 saturated carbocycles. The minimum absolute atomic E-state index is 0.896. The Morgan fingerprint density at radius 1 is 1.28 bits per heavy atom. The van der Waals surface area contributed by atoms with E-state index in [1.54, 1.807) is 11.3 Å². The number of hydrogen-bond donors (Lipinski definition) is 1. The summed E-state index contributed by atoms with van der Waals surface area (Å²) in [5.41, 5.74) is 2.35. The van der Waals surface area contributed by atoms with E-state index < -0.39 is 0 Å². The van der Waals surface area contributed by atoms with Gasteiger partial charge in [-0.25, -0.2) is 4.98 Å². The summed E-state index contributed by atoms with van der Waals surface area (Å²) in [6.45, 7) is 5.15. The number of thioether (sulfide) groups is 1. The van der Waals surface area contributed by atoms with Gasteiger partial charge in [-0.15, -0.1) is 23.1 Å². The van der Waals surface area contributed by atoms with Crippen LogP contribution in [0.4, 0.5) is 0 Å². The van der Waals surface area contributed by atoms with Gasteiger partial charge in [0.05, 0.1) is 5.69 Å². The van der Waals surface area contributed by atoms with Gasteiger partial charge in [0.2, 0.25) is 0 Å². The summed E-state index contributed by atoms with van der Waals surface area (Å²) in [4.78, 5) is 7.29. The van der Waals surface area contributed by atoms with Crippen LogP contribution in [-0.4, -0.2) is 17.8 Å². The Morgan fingerprint density at radius 2 is 2.00 bits per heavy atom. The third-order valence-corrected chi connectivity index (χ3v) is 4.74. The number of aromatic nitrogens is 1. The van der Waals surface area contributed by atoms with Crippen molar-refractivity contribution in [1.29, 1.82) is 0 Å². The molecule has 2 nitrogen and oxygen atoms in total. The summed E-state index contributed by atoms with van der Waals surface area (Å²) in [6, 6.07) is 8.69. The molecule has 0 bridgehead atoms. The van der Waals surface area contributed by atoms with Gasteiger partial charge >= 0.3 is 0 Å². The maximum Gasteiger partial charge on any atom is 0.123 e. The maximum absolute atomic E-state index is 4.65. The highest BCUT2D eigenvalue weighted by atomic mass is 32.2. The lowest BCUT2D eigenvalue weighted by atomic mass is 10.2. The van der Waals surface area contributed by atoms with Crippen molar-refractivity contribution in [1.82, 2.24) is 10.3 Å². The van der Waals surface area contributed by atoms with E-state index in [0.717, 1.165) is 23.0 Å². The highest BCUT2D eigenvalue weighted by Crippen LogP contribution is 2.29. The predicted octanol–water partition coefficient (Wildman–Crippen LogP) is 3.95. The molecule has 0 amide bonds. The normalized spacial score (nSPS) is 10.8.